The van der Waals surface area contributed by atoms with Gasteiger partial charge in [-0.3, -0.25) is 14.5 Å². The molecule has 0 spiro atoms. The van der Waals surface area contributed by atoms with Gasteiger partial charge in [-0.15, -0.1) is 0 Å². The number of nitrogens with zero attached hydrogens (tertiary/aromatic N) is 1. The summed E-state index contributed by atoms with van der Waals surface area (Å²) in [4.78, 5) is 28.0. The van der Waals surface area contributed by atoms with Crippen LogP contribution in [0.4, 0.5) is 5.69 Å². The predicted octanol–water partition coefficient (Wildman–Crippen LogP) is 5.27. The number of ether oxygens (including phenoxy) is 1. The Balaban J connectivity index is 1.99. The Morgan fingerprint density at radius 2 is 1.81 bits per heavy atom. The van der Waals surface area contributed by atoms with E-state index in [1.807, 2.05) is 65.0 Å². The number of carbonyl (C=O) groups excluding carboxylic acids is 2. The van der Waals surface area contributed by atoms with E-state index in [1.54, 1.807) is 6.07 Å². The molecule has 164 valence electrons. The van der Waals surface area contributed by atoms with E-state index in [0.717, 1.165) is 22.3 Å². The second-order valence-electron chi connectivity index (χ2n) is 8.14. The van der Waals surface area contributed by atoms with Crippen LogP contribution in [0.2, 0.25) is 5.02 Å². The molecule has 0 saturated heterocycles. The molecule has 2 aromatic rings. The number of anilines is 1. The van der Waals surface area contributed by atoms with E-state index >= 15 is 0 Å². The lowest BCUT2D eigenvalue weighted by atomic mass is 9.97. The normalized spacial score (nSPS) is 14.2. The first kappa shape index (κ1) is 23.0. The van der Waals surface area contributed by atoms with Gasteiger partial charge in [-0.2, -0.15) is 0 Å². The zero-order valence-electron chi connectivity index (χ0n) is 18.7. The van der Waals surface area contributed by atoms with Crippen LogP contribution in [0, 0.1) is 20.8 Å². The fraction of sp³-hybridized carbons (Fsp3) is 0.360. The molecule has 0 atom stereocenters. The van der Waals surface area contributed by atoms with E-state index in [0.29, 0.717) is 35.9 Å². The first-order valence-electron chi connectivity index (χ1n) is 10.5. The highest BCUT2D eigenvalue weighted by atomic mass is 35.5. The Bertz CT molecular complexity index is 1040. The van der Waals surface area contributed by atoms with Gasteiger partial charge >= 0.3 is 0 Å². The fourth-order valence-corrected chi connectivity index (χ4v) is 3.83. The highest BCUT2D eigenvalue weighted by molar-refractivity contribution is 6.37. The molecule has 31 heavy (non-hydrogen) atoms. The van der Waals surface area contributed by atoms with Gasteiger partial charge in [0.1, 0.15) is 5.70 Å². The average molecular weight is 441 g/mol. The van der Waals surface area contributed by atoms with E-state index in [9.17, 15) is 9.59 Å². The monoisotopic (exact) mass is 440 g/mol. The molecule has 1 aliphatic heterocycles. The SMILES string of the molecule is Cc1ccc(C2=C(Nc3cccc(Cl)c3C)C(=O)N(CCCOC(C)C)C2=O)c(C)c1. The molecule has 5 nitrogen and oxygen atoms in total. The predicted molar refractivity (Wildman–Crippen MR) is 125 cm³/mol. The van der Waals surface area contributed by atoms with Gasteiger partial charge in [-0.1, -0.05) is 41.4 Å². The van der Waals surface area contributed by atoms with Crippen LogP contribution in [0.1, 0.15) is 42.5 Å². The summed E-state index contributed by atoms with van der Waals surface area (Å²) in [6.07, 6.45) is 0.691. The van der Waals surface area contributed by atoms with Crippen LogP contribution in [0.15, 0.2) is 42.1 Å². The van der Waals surface area contributed by atoms with Crippen molar-refractivity contribution < 1.29 is 14.3 Å². The number of hydrogen-bond donors (Lipinski definition) is 1. The minimum absolute atomic E-state index is 0.108. The van der Waals surface area contributed by atoms with Crippen molar-refractivity contribution in [3.05, 3.63) is 69.4 Å². The van der Waals surface area contributed by atoms with Crippen LogP contribution in [-0.4, -0.2) is 36.0 Å². The zero-order valence-corrected chi connectivity index (χ0v) is 19.5. The Morgan fingerprint density at radius 3 is 2.48 bits per heavy atom. The summed E-state index contributed by atoms with van der Waals surface area (Å²) < 4.78 is 5.57. The van der Waals surface area contributed by atoms with Crippen molar-refractivity contribution in [2.75, 3.05) is 18.5 Å². The maximum atomic E-state index is 13.4. The molecule has 0 aliphatic carbocycles. The number of imide groups is 1. The standard InChI is InChI=1S/C25H29ClN2O3/c1-15(2)31-13-7-12-28-24(29)22(19-11-10-16(3)14-17(19)4)23(25(28)30)27-21-9-6-8-20(26)18(21)5/h6,8-11,14-15,27H,7,12-13H2,1-5H3. The third-order valence-corrected chi connectivity index (χ3v) is 5.73. The highest BCUT2D eigenvalue weighted by Crippen LogP contribution is 2.34. The van der Waals surface area contributed by atoms with Gasteiger partial charge in [0.25, 0.3) is 11.8 Å². The van der Waals surface area contributed by atoms with Gasteiger partial charge in [-0.05, 0) is 69.9 Å². The van der Waals surface area contributed by atoms with Crippen LogP contribution in [0.25, 0.3) is 5.57 Å². The zero-order chi connectivity index (χ0) is 22.7. The number of halogens is 1. The van der Waals surface area contributed by atoms with E-state index in [-0.39, 0.29) is 23.6 Å². The van der Waals surface area contributed by atoms with Crippen molar-refractivity contribution in [1.82, 2.24) is 4.90 Å². The molecule has 0 unspecified atom stereocenters. The Morgan fingerprint density at radius 1 is 1.06 bits per heavy atom. The number of aryl methyl sites for hydroxylation is 2. The lowest BCUT2D eigenvalue weighted by molar-refractivity contribution is -0.137. The molecule has 0 aromatic heterocycles. The van der Waals surface area contributed by atoms with Gasteiger partial charge in [0.05, 0.1) is 11.7 Å². The third-order valence-electron chi connectivity index (χ3n) is 5.32. The van der Waals surface area contributed by atoms with Gasteiger partial charge in [0.2, 0.25) is 0 Å². The van der Waals surface area contributed by atoms with Crippen molar-refractivity contribution in [3.63, 3.8) is 0 Å². The maximum Gasteiger partial charge on any atom is 0.278 e. The molecule has 0 fully saturated rings. The molecule has 1 heterocycles. The van der Waals surface area contributed by atoms with E-state index in [2.05, 4.69) is 5.32 Å². The van der Waals surface area contributed by atoms with Gasteiger partial charge in [0.15, 0.2) is 0 Å². The average Bonchev–Trinajstić information content (AvgIpc) is 2.93. The van der Waals surface area contributed by atoms with Crippen LogP contribution in [-0.2, 0) is 14.3 Å². The van der Waals surface area contributed by atoms with Crippen molar-refractivity contribution in [3.8, 4) is 0 Å². The molecule has 3 rings (SSSR count). The topological polar surface area (TPSA) is 58.6 Å². The molecule has 2 aromatic carbocycles. The van der Waals surface area contributed by atoms with Crippen molar-refractivity contribution in [2.45, 2.75) is 47.1 Å². The molecule has 2 amide bonds. The molecule has 0 bridgehead atoms. The second kappa shape index (κ2) is 9.67. The smallest absolute Gasteiger partial charge is 0.278 e. The summed E-state index contributed by atoms with van der Waals surface area (Å²) in [7, 11) is 0. The molecular formula is C25H29ClN2O3. The fourth-order valence-electron chi connectivity index (χ4n) is 3.66. The first-order chi connectivity index (χ1) is 14.7. The van der Waals surface area contributed by atoms with Crippen LogP contribution in [0.3, 0.4) is 0 Å². The van der Waals surface area contributed by atoms with E-state index < -0.39 is 0 Å². The van der Waals surface area contributed by atoms with Crippen LogP contribution in [0.5, 0.6) is 0 Å². The summed E-state index contributed by atoms with van der Waals surface area (Å²) in [5, 5.41) is 3.81. The molecule has 1 N–H and O–H groups in total. The van der Waals surface area contributed by atoms with Crippen molar-refractivity contribution in [1.29, 1.82) is 0 Å². The molecule has 1 aliphatic rings. The Kier molecular flexibility index (Phi) is 7.19. The van der Waals surface area contributed by atoms with E-state index in [1.165, 1.54) is 4.90 Å². The highest BCUT2D eigenvalue weighted by Gasteiger charge is 2.39. The van der Waals surface area contributed by atoms with Gasteiger partial charge < -0.3 is 10.1 Å². The quantitative estimate of drug-likeness (QED) is 0.448. The summed E-state index contributed by atoms with van der Waals surface area (Å²) in [5.74, 6) is -0.618. The molecule has 0 radical (unpaired) electrons. The minimum atomic E-state index is -0.330. The van der Waals surface area contributed by atoms with Crippen molar-refractivity contribution in [2.24, 2.45) is 0 Å². The summed E-state index contributed by atoms with van der Waals surface area (Å²) in [6.45, 7) is 10.5. The number of nitrogens with one attached hydrogen (secondary N) is 1. The molecule has 0 saturated carbocycles. The number of carbonyl (C=O) groups is 2. The van der Waals surface area contributed by atoms with E-state index in [4.69, 9.17) is 16.3 Å². The maximum absolute atomic E-state index is 13.4. The first-order valence-corrected chi connectivity index (χ1v) is 10.9. The van der Waals surface area contributed by atoms with Gasteiger partial charge in [-0.25, -0.2) is 0 Å². The Labute approximate surface area is 189 Å². The van der Waals surface area contributed by atoms with Crippen LogP contribution >= 0.6 is 11.6 Å². The number of benzene rings is 2. The number of amides is 2. The van der Waals surface area contributed by atoms with Crippen molar-refractivity contribution >= 4 is 34.7 Å². The molecule has 6 heteroatoms. The molecular weight excluding hydrogens is 412 g/mol. The lowest BCUT2D eigenvalue weighted by Gasteiger charge is -2.16. The number of rotatable bonds is 8. The lowest BCUT2D eigenvalue weighted by Crippen LogP contribution is -2.34. The number of hydrogen-bond acceptors (Lipinski definition) is 4. The van der Waals surface area contributed by atoms with Crippen LogP contribution < -0.4 is 5.32 Å². The summed E-state index contributed by atoms with van der Waals surface area (Å²) >= 11 is 6.27. The third kappa shape index (κ3) is 5.00. The largest absolute Gasteiger partial charge is 0.379 e. The summed E-state index contributed by atoms with van der Waals surface area (Å²) in [5.41, 5.74) is 5.01. The second-order valence-corrected chi connectivity index (χ2v) is 8.55. The summed E-state index contributed by atoms with van der Waals surface area (Å²) in [6, 6.07) is 11.3. The van der Waals surface area contributed by atoms with Gasteiger partial charge in [0, 0.05) is 23.9 Å². The Hall–Kier alpha value is -2.63. The minimum Gasteiger partial charge on any atom is -0.379 e.